The molecule has 1 amide bonds. The number of anilines is 1. The molecule has 1 heterocycles. The number of ether oxygens (including phenoxy) is 1. The molecule has 0 aliphatic heterocycles. The first-order chi connectivity index (χ1) is 13.1. The summed E-state index contributed by atoms with van der Waals surface area (Å²) in [5.41, 5.74) is 0.646. The van der Waals surface area contributed by atoms with E-state index in [4.69, 9.17) is 21.2 Å². The first kappa shape index (κ1) is 18.5. The van der Waals surface area contributed by atoms with Crippen molar-refractivity contribution < 1.29 is 14.4 Å². The number of carbonyl (C=O) groups is 1. The Hall–Kier alpha value is -3.25. The highest BCUT2D eigenvalue weighted by Gasteiger charge is 2.13. The van der Waals surface area contributed by atoms with Gasteiger partial charge in [0.25, 0.3) is 11.5 Å². The molecule has 1 N–H and O–H groups in total. The van der Waals surface area contributed by atoms with Crippen molar-refractivity contribution in [3.05, 3.63) is 93.4 Å². The average Bonchev–Trinajstić information content (AvgIpc) is 2.68. The fourth-order valence-corrected chi connectivity index (χ4v) is 2.59. The molecule has 0 atom stereocenters. The highest BCUT2D eigenvalue weighted by molar-refractivity contribution is 6.31. The van der Waals surface area contributed by atoms with Gasteiger partial charge in [0.05, 0.1) is 7.11 Å². The molecule has 0 unspecified atom stereocenters. The topological polar surface area (TPSA) is 69.6 Å². The second kappa shape index (κ2) is 8.42. The van der Waals surface area contributed by atoms with Gasteiger partial charge in [0.1, 0.15) is 17.9 Å². The van der Waals surface area contributed by atoms with Gasteiger partial charge in [0.15, 0.2) is 0 Å². The molecule has 0 saturated carbocycles. The Labute approximate surface area is 160 Å². The van der Waals surface area contributed by atoms with Gasteiger partial charge in [-0.25, -0.2) is 0 Å². The van der Waals surface area contributed by atoms with E-state index >= 15 is 0 Å². The van der Waals surface area contributed by atoms with Gasteiger partial charge in [-0.3, -0.25) is 9.59 Å². The maximum Gasteiger partial charge on any atom is 0.295 e. The van der Waals surface area contributed by atoms with E-state index in [2.05, 4.69) is 5.32 Å². The van der Waals surface area contributed by atoms with E-state index < -0.39 is 11.5 Å². The molecule has 7 heteroatoms. The molecule has 0 aliphatic rings. The van der Waals surface area contributed by atoms with Gasteiger partial charge in [0.2, 0.25) is 0 Å². The van der Waals surface area contributed by atoms with Crippen LogP contribution >= 0.6 is 11.6 Å². The van der Waals surface area contributed by atoms with Crippen LogP contribution < -0.4 is 20.5 Å². The molecule has 138 valence electrons. The lowest BCUT2D eigenvalue weighted by Crippen LogP contribution is -2.32. The van der Waals surface area contributed by atoms with Gasteiger partial charge in [0, 0.05) is 28.5 Å². The van der Waals surface area contributed by atoms with Crippen LogP contribution in [0.4, 0.5) is 5.69 Å². The summed E-state index contributed by atoms with van der Waals surface area (Å²) in [5, 5.41) is 3.21. The minimum atomic E-state index is -0.565. The van der Waals surface area contributed by atoms with Crippen LogP contribution in [0.1, 0.15) is 15.9 Å². The number of aromatic nitrogens is 1. The molecule has 0 aliphatic carbocycles. The number of benzene rings is 2. The van der Waals surface area contributed by atoms with Gasteiger partial charge >= 0.3 is 0 Å². The summed E-state index contributed by atoms with van der Waals surface area (Å²) in [6, 6.07) is 17.0. The summed E-state index contributed by atoms with van der Waals surface area (Å²) in [6.45, 7) is 0.0978. The summed E-state index contributed by atoms with van der Waals surface area (Å²) in [7, 11) is 1.53. The molecule has 6 nitrogen and oxygen atoms in total. The highest BCUT2D eigenvalue weighted by atomic mass is 35.5. The maximum absolute atomic E-state index is 12.5. The summed E-state index contributed by atoms with van der Waals surface area (Å²) < 4.78 is 6.14. The predicted molar refractivity (Wildman–Crippen MR) is 103 cm³/mol. The second-order valence-electron chi connectivity index (χ2n) is 5.60. The predicted octanol–water partition coefficient (Wildman–Crippen LogP) is 3.39. The van der Waals surface area contributed by atoms with E-state index in [1.165, 1.54) is 19.4 Å². The summed E-state index contributed by atoms with van der Waals surface area (Å²) >= 11 is 6.09. The van der Waals surface area contributed by atoms with Crippen LogP contribution in [0, 0.1) is 0 Å². The number of nitrogens with one attached hydrogen (secondary N) is 1. The lowest BCUT2D eigenvalue weighted by atomic mass is 10.2. The van der Waals surface area contributed by atoms with E-state index in [1.807, 2.05) is 12.1 Å². The number of rotatable bonds is 6. The highest BCUT2D eigenvalue weighted by Crippen LogP contribution is 2.17. The Morgan fingerprint density at radius 2 is 1.93 bits per heavy atom. The van der Waals surface area contributed by atoms with Crippen LogP contribution in [0.2, 0.25) is 5.02 Å². The molecule has 27 heavy (non-hydrogen) atoms. The van der Waals surface area contributed by atoms with E-state index in [9.17, 15) is 9.59 Å². The molecule has 0 bridgehead atoms. The Kier molecular flexibility index (Phi) is 5.78. The molecular formula is C20H17ClN2O4. The number of hydrogen-bond acceptors (Lipinski definition) is 4. The van der Waals surface area contributed by atoms with Gasteiger partial charge in [-0.05, 0) is 30.3 Å². The third kappa shape index (κ3) is 4.48. The molecule has 0 radical (unpaired) electrons. The smallest absolute Gasteiger partial charge is 0.295 e. The van der Waals surface area contributed by atoms with Crippen molar-refractivity contribution in [2.24, 2.45) is 0 Å². The number of pyridine rings is 1. The normalized spacial score (nSPS) is 10.3. The lowest BCUT2D eigenvalue weighted by molar-refractivity contribution is 0.0864. The lowest BCUT2D eigenvalue weighted by Gasteiger charge is -2.11. The maximum atomic E-state index is 12.5. The van der Waals surface area contributed by atoms with Crippen molar-refractivity contribution in [1.29, 1.82) is 0 Å². The van der Waals surface area contributed by atoms with Crippen molar-refractivity contribution >= 4 is 23.2 Å². The molecule has 0 fully saturated rings. The first-order valence-corrected chi connectivity index (χ1v) is 8.50. The Bertz CT molecular complexity index is 1020. The van der Waals surface area contributed by atoms with Crippen LogP contribution in [0.5, 0.6) is 5.75 Å². The van der Waals surface area contributed by atoms with Crippen molar-refractivity contribution in [2.75, 3.05) is 12.4 Å². The van der Waals surface area contributed by atoms with Crippen LogP contribution in [0.3, 0.4) is 0 Å². The Morgan fingerprint density at radius 3 is 2.70 bits per heavy atom. The van der Waals surface area contributed by atoms with Gasteiger partial charge in [-0.1, -0.05) is 35.9 Å². The molecular weight excluding hydrogens is 368 g/mol. The number of nitrogens with zero attached hydrogens (tertiary/aromatic N) is 1. The van der Waals surface area contributed by atoms with Crippen molar-refractivity contribution in [3.63, 3.8) is 0 Å². The number of hydrogen-bond donors (Lipinski definition) is 1. The molecule has 1 aromatic heterocycles. The van der Waals surface area contributed by atoms with Gasteiger partial charge in [-0.2, -0.15) is 4.73 Å². The molecule has 0 spiro atoms. The summed E-state index contributed by atoms with van der Waals surface area (Å²) in [5.74, 6) is 0.0605. The minimum absolute atomic E-state index is 0.0421. The number of amides is 1. The van der Waals surface area contributed by atoms with Crippen LogP contribution in [0.15, 0.2) is 71.7 Å². The number of methoxy groups -OCH3 is 1. The van der Waals surface area contributed by atoms with Gasteiger partial charge in [-0.15, -0.1) is 0 Å². The average molecular weight is 385 g/mol. The summed E-state index contributed by atoms with van der Waals surface area (Å²) in [4.78, 5) is 30.5. The monoisotopic (exact) mass is 384 g/mol. The fraction of sp³-hybridized carbons (Fsp3) is 0.100. The largest absolute Gasteiger partial charge is 0.497 e. The van der Waals surface area contributed by atoms with Gasteiger partial charge < -0.3 is 14.9 Å². The molecule has 0 saturated heterocycles. The third-order valence-electron chi connectivity index (χ3n) is 3.80. The van der Waals surface area contributed by atoms with E-state index in [1.54, 1.807) is 42.5 Å². The fourth-order valence-electron chi connectivity index (χ4n) is 2.40. The van der Waals surface area contributed by atoms with Crippen LogP contribution in [0.25, 0.3) is 0 Å². The summed E-state index contributed by atoms with van der Waals surface area (Å²) in [6.07, 6.45) is 1.45. The van der Waals surface area contributed by atoms with Crippen molar-refractivity contribution in [2.45, 2.75) is 6.61 Å². The molecule has 3 rings (SSSR count). The number of carbonyl (C=O) groups excluding carboxylic acids is 1. The SMILES string of the molecule is COc1cccc(NC(=O)c2cccn(OCc3ccccc3Cl)c2=O)c1. The third-order valence-corrected chi connectivity index (χ3v) is 4.17. The Balaban J connectivity index is 1.76. The first-order valence-electron chi connectivity index (χ1n) is 8.12. The Morgan fingerprint density at radius 1 is 1.11 bits per heavy atom. The minimum Gasteiger partial charge on any atom is -0.497 e. The van der Waals surface area contributed by atoms with Crippen LogP contribution in [-0.4, -0.2) is 17.7 Å². The standard InChI is InChI=1S/C20H17ClN2O4/c1-26-16-8-4-7-15(12-16)22-19(24)17-9-5-11-23(20(17)25)27-13-14-6-2-3-10-18(14)21/h2-12H,13H2,1H3,(H,22,24). The zero-order valence-corrected chi connectivity index (χ0v) is 15.3. The molecule has 3 aromatic rings. The van der Waals surface area contributed by atoms with Crippen molar-refractivity contribution in [3.8, 4) is 5.75 Å². The second-order valence-corrected chi connectivity index (χ2v) is 6.01. The van der Waals surface area contributed by atoms with Crippen LogP contribution in [-0.2, 0) is 6.61 Å². The van der Waals surface area contributed by atoms with E-state index in [0.717, 1.165) is 10.3 Å². The van der Waals surface area contributed by atoms with Crippen molar-refractivity contribution in [1.82, 2.24) is 4.73 Å². The molecule has 2 aromatic carbocycles. The zero-order valence-electron chi connectivity index (χ0n) is 14.5. The zero-order chi connectivity index (χ0) is 19.2. The van der Waals surface area contributed by atoms with E-state index in [-0.39, 0.29) is 12.2 Å². The quantitative estimate of drug-likeness (QED) is 0.707. The number of halogens is 1. The van der Waals surface area contributed by atoms with E-state index in [0.29, 0.717) is 16.5 Å².